The highest BCUT2D eigenvalue weighted by Gasteiger charge is 2.72. The molecule has 1 fully saturated rings. The molecule has 12 heteroatoms. The van der Waals surface area contributed by atoms with Crippen LogP contribution in [0.15, 0.2) is 24.0 Å². The van der Waals surface area contributed by atoms with Crippen LogP contribution < -0.4 is 9.47 Å². The maximum Gasteiger partial charge on any atom is 0.348 e. The third kappa shape index (κ3) is 4.04. The van der Waals surface area contributed by atoms with Gasteiger partial charge in [0.1, 0.15) is 5.76 Å². The Bertz CT molecular complexity index is 1270. The first-order valence-corrected chi connectivity index (χ1v) is 12.7. The van der Waals surface area contributed by atoms with Gasteiger partial charge in [-0.05, 0) is 51.1 Å². The van der Waals surface area contributed by atoms with E-state index < -0.39 is 59.6 Å². The number of piperidine rings is 1. The zero-order valence-corrected chi connectivity index (χ0v) is 22.1. The average Bonchev–Trinajstić information content (AvgIpc) is 3.23. The lowest BCUT2D eigenvalue weighted by Gasteiger charge is -2.61. The minimum atomic E-state index is -1.70. The van der Waals surface area contributed by atoms with Crippen molar-refractivity contribution in [2.75, 3.05) is 20.7 Å². The second-order valence-electron chi connectivity index (χ2n) is 10.5. The number of benzene rings is 1. The molecule has 6 atom stereocenters. The Labute approximate surface area is 224 Å². The van der Waals surface area contributed by atoms with Crippen LogP contribution in [0.2, 0.25) is 0 Å². The van der Waals surface area contributed by atoms with Crippen LogP contribution in [0.1, 0.15) is 44.2 Å². The summed E-state index contributed by atoms with van der Waals surface area (Å²) < 4.78 is 27.4. The van der Waals surface area contributed by atoms with E-state index >= 15 is 0 Å². The molecule has 2 bridgehead atoms. The highest BCUT2D eigenvalue weighted by atomic mass is 16.6. The molecule has 1 spiro atoms. The fourth-order valence-electron chi connectivity index (χ4n) is 6.59. The number of carboxylic acid groups (broad SMARTS) is 1. The predicted octanol–water partition coefficient (Wildman–Crippen LogP) is 0.854. The van der Waals surface area contributed by atoms with E-state index in [2.05, 4.69) is 4.90 Å². The number of esters is 3. The summed E-state index contributed by atoms with van der Waals surface area (Å²) in [4.78, 5) is 50.3. The van der Waals surface area contributed by atoms with Gasteiger partial charge in [0.15, 0.2) is 23.7 Å². The SMILES string of the molecule is COc1ccc2c3c1O[C@H]1C(OC(=O)CC(OC(C)=O)C(=O)OC(C)C(=O)O)=CC[C@@]4(O)[C@@H](C2)N(C)CC[C@]314. The number of hydrogen-bond donors (Lipinski definition) is 2. The Hall–Kier alpha value is -3.64. The minimum absolute atomic E-state index is 0.174. The number of likely N-dealkylation sites (tertiary alicyclic amines) is 1. The Morgan fingerprint density at radius 3 is 2.64 bits per heavy atom. The van der Waals surface area contributed by atoms with Crippen molar-refractivity contribution < 1.29 is 53.1 Å². The van der Waals surface area contributed by atoms with Crippen molar-refractivity contribution in [1.82, 2.24) is 4.90 Å². The molecule has 0 saturated carbocycles. The maximum atomic E-state index is 13.0. The van der Waals surface area contributed by atoms with Crippen LogP contribution in [0.3, 0.4) is 0 Å². The predicted molar refractivity (Wildman–Crippen MR) is 131 cm³/mol. The number of carbonyl (C=O) groups excluding carboxylic acids is 3. The van der Waals surface area contributed by atoms with Gasteiger partial charge in [-0.3, -0.25) is 9.59 Å². The molecule has 2 aliphatic carbocycles. The largest absolute Gasteiger partial charge is 0.493 e. The van der Waals surface area contributed by atoms with Gasteiger partial charge in [-0.1, -0.05) is 6.07 Å². The maximum absolute atomic E-state index is 13.0. The van der Waals surface area contributed by atoms with Gasteiger partial charge in [0.05, 0.1) is 24.5 Å². The van der Waals surface area contributed by atoms with Crippen LogP contribution in [0, 0.1) is 0 Å². The second kappa shape index (κ2) is 9.53. The highest BCUT2D eigenvalue weighted by molar-refractivity contribution is 5.86. The van der Waals surface area contributed by atoms with Crippen molar-refractivity contribution >= 4 is 23.9 Å². The van der Waals surface area contributed by atoms with Crippen LogP contribution in [0.4, 0.5) is 0 Å². The number of ether oxygens (including phenoxy) is 5. The number of methoxy groups -OCH3 is 1. The lowest BCUT2D eigenvalue weighted by molar-refractivity contribution is -0.179. The first-order valence-electron chi connectivity index (χ1n) is 12.7. The summed E-state index contributed by atoms with van der Waals surface area (Å²) >= 11 is 0. The first kappa shape index (κ1) is 26.9. The van der Waals surface area contributed by atoms with Crippen molar-refractivity contribution in [3.8, 4) is 11.5 Å². The Morgan fingerprint density at radius 1 is 1.23 bits per heavy atom. The summed E-state index contributed by atoms with van der Waals surface area (Å²) in [6.07, 6.45) is -1.77. The number of rotatable bonds is 8. The van der Waals surface area contributed by atoms with Crippen LogP contribution >= 0.6 is 0 Å². The summed E-state index contributed by atoms with van der Waals surface area (Å²) in [5.41, 5.74) is -0.184. The van der Waals surface area contributed by atoms with Crippen molar-refractivity contribution in [2.45, 2.75) is 74.9 Å². The van der Waals surface area contributed by atoms with Gasteiger partial charge < -0.3 is 38.8 Å². The van der Waals surface area contributed by atoms with Crippen LogP contribution in [-0.4, -0.2) is 89.6 Å². The van der Waals surface area contributed by atoms with Gasteiger partial charge >= 0.3 is 23.9 Å². The van der Waals surface area contributed by atoms with Crippen LogP contribution in [0.25, 0.3) is 0 Å². The van der Waals surface area contributed by atoms with Crippen LogP contribution in [-0.2, 0) is 45.2 Å². The highest BCUT2D eigenvalue weighted by Crippen LogP contribution is 2.65. The molecule has 2 aliphatic heterocycles. The lowest BCUT2D eigenvalue weighted by Crippen LogP contribution is -2.74. The van der Waals surface area contributed by atoms with Gasteiger partial charge in [-0.15, -0.1) is 0 Å². The molecule has 5 rings (SSSR count). The van der Waals surface area contributed by atoms with E-state index in [0.29, 0.717) is 30.9 Å². The van der Waals surface area contributed by atoms with Crippen molar-refractivity contribution in [2.24, 2.45) is 0 Å². The quantitative estimate of drug-likeness (QED) is 0.351. The monoisotopic (exact) mass is 545 g/mol. The summed E-state index contributed by atoms with van der Waals surface area (Å²) in [7, 11) is 3.51. The zero-order chi connectivity index (χ0) is 28.3. The van der Waals surface area contributed by atoms with E-state index in [1.54, 1.807) is 6.08 Å². The Morgan fingerprint density at radius 2 is 1.97 bits per heavy atom. The van der Waals surface area contributed by atoms with E-state index in [1.165, 1.54) is 7.11 Å². The summed E-state index contributed by atoms with van der Waals surface area (Å²) in [5.74, 6) is -3.17. The smallest absolute Gasteiger partial charge is 0.348 e. The summed E-state index contributed by atoms with van der Waals surface area (Å²) in [6.45, 7) is 2.86. The molecule has 0 radical (unpaired) electrons. The molecule has 1 aromatic rings. The lowest BCUT2D eigenvalue weighted by atomic mass is 9.50. The Kier molecular flexibility index (Phi) is 6.58. The fraction of sp³-hybridized carbons (Fsp3) is 0.556. The van der Waals surface area contributed by atoms with Gasteiger partial charge in [0.2, 0.25) is 6.10 Å². The molecule has 0 aromatic heterocycles. The molecular weight excluding hydrogens is 514 g/mol. The standard InChI is InChI=1S/C27H31NO11/c1-13(24(31)32)36-25(33)18(37-14(2)29)12-20(30)38-17-7-8-27(34)19-11-15-5-6-16(35-4)22-21(15)26(27,23(17)39-22)9-10-28(19)3/h5-7,13,18-19,23,34H,8-12H2,1-4H3,(H,31,32)/t13?,18?,19-,23+,26+,27-/m1/s1. The Balaban J connectivity index is 1.44. The molecule has 210 valence electrons. The van der Waals surface area contributed by atoms with E-state index in [9.17, 15) is 24.3 Å². The normalized spacial score (nSPS) is 29.6. The minimum Gasteiger partial charge on any atom is -0.493 e. The van der Waals surface area contributed by atoms with Crippen molar-refractivity contribution in [1.29, 1.82) is 0 Å². The molecule has 12 nitrogen and oxygen atoms in total. The molecule has 2 N–H and O–H groups in total. The summed E-state index contributed by atoms with van der Waals surface area (Å²) in [5, 5.41) is 21.2. The molecule has 4 aliphatic rings. The average molecular weight is 546 g/mol. The molecule has 2 unspecified atom stereocenters. The first-order chi connectivity index (χ1) is 18.4. The van der Waals surface area contributed by atoms with Gasteiger partial charge in [-0.2, -0.15) is 0 Å². The zero-order valence-electron chi connectivity index (χ0n) is 22.1. The van der Waals surface area contributed by atoms with Crippen molar-refractivity contribution in [3.05, 3.63) is 35.1 Å². The van der Waals surface area contributed by atoms with E-state index in [0.717, 1.165) is 25.0 Å². The number of nitrogens with zero attached hydrogens (tertiary/aromatic N) is 1. The number of aliphatic hydroxyl groups is 1. The topological polar surface area (TPSA) is 158 Å². The molecule has 1 saturated heterocycles. The molecule has 0 amide bonds. The van der Waals surface area contributed by atoms with Crippen molar-refractivity contribution in [3.63, 3.8) is 0 Å². The molecule has 39 heavy (non-hydrogen) atoms. The van der Waals surface area contributed by atoms with Gasteiger partial charge in [0.25, 0.3) is 0 Å². The number of carbonyl (C=O) groups is 4. The number of hydrogen-bond acceptors (Lipinski definition) is 11. The third-order valence-electron chi connectivity index (χ3n) is 8.35. The van der Waals surface area contributed by atoms with E-state index in [1.807, 2.05) is 19.2 Å². The van der Waals surface area contributed by atoms with Gasteiger partial charge in [-0.25, -0.2) is 9.59 Å². The number of aliphatic carboxylic acids is 1. The number of carboxylic acids is 1. The molecular formula is C27H31NO11. The second-order valence-corrected chi connectivity index (χ2v) is 10.5. The third-order valence-corrected chi connectivity index (χ3v) is 8.35. The summed E-state index contributed by atoms with van der Waals surface area (Å²) in [6, 6.07) is 3.62. The van der Waals surface area contributed by atoms with E-state index in [4.69, 9.17) is 28.8 Å². The fourth-order valence-corrected chi connectivity index (χ4v) is 6.59. The number of likely N-dealkylation sites (N-methyl/N-ethyl adjacent to an activating group) is 1. The van der Waals surface area contributed by atoms with Crippen LogP contribution in [0.5, 0.6) is 11.5 Å². The van der Waals surface area contributed by atoms with E-state index in [-0.39, 0.29) is 18.2 Å². The molecule has 2 heterocycles. The molecule has 1 aromatic carbocycles. The van der Waals surface area contributed by atoms with Gasteiger partial charge in [0, 0.05) is 24.9 Å².